The Morgan fingerprint density at radius 3 is 2.67 bits per heavy atom. The second-order valence-corrected chi connectivity index (χ2v) is 7.46. The van der Waals surface area contributed by atoms with Gasteiger partial charge in [0.1, 0.15) is 0 Å². The number of hydrogen-bond acceptors (Lipinski definition) is 5. The van der Waals surface area contributed by atoms with E-state index in [0.29, 0.717) is 16.4 Å². The number of aromatic nitrogens is 3. The van der Waals surface area contributed by atoms with Gasteiger partial charge in [0.05, 0.1) is 19.4 Å². The third-order valence-corrected chi connectivity index (χ3v) is 5.73. The average molecular weight is 471 g/mol. The van der Waals surface area contributed by atoms with Crippen LogP contribution >= 0.6 is 43.6 Å². The van der Waals surface area contributed by atoms with E-state index in [2.05, 4.69) is 65.0 Å². The maximum absolute atomic E-state index is 11.4. The van der Waals surface area contributed by atoms with Crippen molar-refractivity contribution in [2.24, 2.45) is 0 Å². The lowest BCUT2D eigenvalue weighted by molar-refractivity contribution is -0.137. The number of carbonyl (C=O) groups is 1. The van der Waals surface area contributed by atoms with Gasteiger partial charge in [-0.05, 0) is 38.3 Å². The van der Waals surface area contributed by atoms with Crippen LogP contribution in [0.3, 0.4) is 0 Å². The summed E-state index contributed by atoms with van der Waals surface area (Å²) in [4.78, 5) is 11.4. The molecule has 0 saturated heterocycles. The second kappa shape index (κ2) is 7.67. The van der Waals surface area contributed by atoms with Gasteiger partial charge in [-0.25, -0.2) is 0 Å². The summed E-state index contributed by atoms with van der Waals surface area (Å²) in [5, 5.41) is 11.2. The van der Waals surface area contributed by atoms with Gasteiger partial charge in [-0.15, -0.1) is 10.2 Å². The van der Waals surface area contributed by atoms with Crippen LogP contribution in [0.15, 0.2) is 50.8 Å². The Morgan fingerprint density at radius 1 is 1.17 bits per heavy atom. The summed E-state index contributed by atoms with van der Waals surface area (Å²) in [6.07, 6.45) is 0. The molecule has 0 N–H and O–H groups in total. The zero-order valence-corrected chi connectivity index (χ0v) is 16.7. The molecule has 0 saturated carbocycles. The summed E-state index contributed by atoms with van der Waals surface area (Å²) in [7, 11) is 1.37. The fourth-order valence-corrected chi connectivity index (χ4v) is 4.06. The molecule has 0 radical (unpaired) electrons. The van der Waals surface area contributed by atoms with Crippen molar-refractivity contribution in [3.63, 3.8) is 0 Å². The highest BCUT2D eigenvalue weighted by Gasteiger charge is 2.14. The molecule has 8 heteroatoms. The fourth-order valence-electron chi connectivity index (χ4n) is 2.33. The van der Waals surface area contributed by atoms with Crippen LogP contribution in [0.4, 0.5) is 0 Å². The number of rotatable bonds is 5. The molecular formula is C16H13Br2N3O2S. The molecule has 124 valence electrons. The smallest absolute Gasteiger partial charge is 0.316 e. The van der Waals surface area contributed by atoms with Crippen molar-refractivity contribution >= 4 is 60.4 Å². The summed E-state index contributed by atoms with van der Waals surface area (Å²) in [6, 6.07) is 12.3. The molecule has 24 heavy (non-hydrogen) atoms. The Morgan fingerprint density at radius 2 is 1.92 bits per heavy atom. The maximum Gasteiger partial charge on any atom is 0.316 e. The maximum atomic E-state index is 11.4. The molecule has 0 fully saturated rings. The Kier molecular flexibility index (Phi) is 5.57. The Labute approximate surface area is 160 Å². The molecule has 0 aliphatic rings. The molecule has 1 heterocycles. The van der Waals surface area contributed by atoms with E-state index in [0.717, 1.165) is 20.8 Å². The standard InChI is InChI=1S/C16H13Br2N3O2S/c1-23-14(22)9-24-16-20-19-15(18)21(16)8-10-6-7-13(17)12-5-3-2-4-11(10)12/h2-7H,8-9H2,1H3. The number of ether oxygens (including phenoxy) is 1. The molecule has 0 aliphatic heterocycles. The van der Waals surface area contributed by atoms with Gasteiger partial charge < -0.3 is 4.74 Å². The predicted molar refractivity (Wildman–Crippen MR) is 101 cm³/mol. The van der Waals surface area contributed by atoms with Gasteiger partial charge in [0.25, 0.3) is 0 Å². The van der Waals surface area contributed by atoms with Gasteiger partial charge >= 0.3 is 5.97 Å². The molecule has 0 unspecified atom stereocenters. The van der Waals surface area contributed by atoms with E-state index < -0.39 is 0 Å². The highest BCUT2D eigenvalue weighted by molar-refractivity contribution is 9.10. The quantitative estimate of drug-likeness (QED) is 0.411. The van der Waals surface area contributed by atoms with Gasteiger partial charge in [0, 0.05) is 4.47 Å². The lowest BCUT2D eigenvalue weighted by atomic mass is 10.0. The predicted octanol–water partition coefficient (Wildman–Crippen LogP) is 4.27. The Hall–Kier alpha value is -1.38. The van der Waals surface area contributed by atoms with Gasteiger partial charge in [0.2, 0.25) is 4.73 Å². The normalized spacial score (nSPS) is 11.0. The highest BCUT2D eigenvalue weighted by atomic mass is 79.9. The largest absolute Gasteiger partial charge is 0.468 e. The van der Waals surface area contributed by atoms with Crippen molar-refractivity contribution in [3.8, 4) is 0 Å². The number of carbonyl (C=O) groups excluding carboxylic acids is 1. The van der Waals surface area contributed by atoms with Crippen molar-refractivity contribution in [2.45, 2.75) is 11.7 Å². The Balaban J connectivity index is 1.93. The minimum absolute atomic E-state index is 0.197. The summed E-state index contributed by atoms with van der Waals surface area (Å²) in [6.45, 7) is 0.602. The van der Waals surface area contributed by atoms with Gasteiger partial charge in [0.15, 0.2) is 5.16 Å². The van der Waals surface area contributed by atoms with Crippen LogP contribution in [0.25, 0.3) is 10.8 Å². The first-order valence-electron chi connectivity index (χ1n) is 7.04. The molecule has 5 nitrogen and oxygen atoms in total. The Bertz CT molecular complexity index is 898. The van der Waals surface area contributed by atoms with Crippen molar-refractivity contribution in [1.29, 1.82) is 0 Å². The number of methoxy groups -OCH3 is 1. The van der Waals surface area contributed by atoms with E-state index in [-0.39, 0.29) is 11.7 Å². The highest BCUT2D eigenvalue weighted by Crippen LogP contribution is 2.29. The molecule has 3 aromatic rings. The molecular weight excluding hydrogens is 458 g/mol. The zero-order chi connectivity index (χ0) is 17.1. The third-order valence-electron chi connectivity index (χ3n) is 3.51. The lowest BCUT2D eigenvalue weighted by Crippen LogP contribution is -2.07. The summed E-state index contributed by atoms with van der Waals surface area (Å²) < 4.78 is 8.29. The number of fused-ring (bicyclic) bond motifs is 1. The van der Waals surface area contributed by atoms with Crippen LogP contribution in [0.5, 0.6) is 0 Å². The van der Waals surface area contributed by atoms with E-state index in [9.17, 15) is 4.79 Å². The first kappa shape index (κ1) is 17.4. The van der Waals surface area contributed by atoms with Crippen molar-refractivity contribution in [1.82, 2.24) is 14.8 Å². The first-order chi connectivity index (χ1) is 11.6. The molecule has 2 aromatic carbocycles. The number of thioether (sulfide) groups is 1. The summed E-state index contributed by atoms with van der Waals surface area (Å²) in [5.41, 5.74) is 1.15. The fraction of sp³-hybridized carbons (Fsp3) is 0.188. The van der Waals surface area contributed by atoms with Gasteiger partial charge in [-0.3, -0.25) is 9.36 Å². The zero-order valence-electron chi connectivity index (χ0n) is 12.7. The van der Waals surface area contributed by atoms with Crippen LogP contribution in [0, 0.1) is 0 Å². The number of hydrogen-bond donors (Lipinski definition) is 0. The van der Waals surface area contributed by atoms with Gasteiger partial charge in [-0.1, -0.05) is 58.0 Å². The molecule has 0 aliphatic carbocycles. The van der Waals surface area contributed by atoms with Crippen LogP contribution in [0.2, 0.25) is 0 Å². The SMILES string of the molecule is COC(=O)CSc1nnc(Br)n1Cc1ccc(Br)c2ccccc12. The second-order valence-electron chi connectivity index (χ2n) is 4.95. The van der Waals surface area contributed by atoms with Crippen LogP contribution in [0.1, 0.15) is 5.56 Å². The van der Waals surface area contributed by atoms with Crippen molar-refractivity contribution in [2.75, 3.05) is 12.9 Å². The number of halogens is 2. The molecule has 0 amide bonds. The number of esters is 1. The summed E-state index contributed by atoms with van der Waals surface area (Å²) >= 11 is 8.32. The van der Waals surface area contributed by atoms with Crippen LogP contribution in [-0.4, -0.2) is 33.6 Å². The van der Waals surface area contributed by atoms with Gasteiger partial charge in [-0.2, -0.15) is 0 Å². The van der Waals surface area contributed by atoms with Crippen LogP contribution < -0.4 is 0 Å². The van der Waals surface area contributed by atoms with E-state index in [4.69, 9.17) is 0 Å². The first-order valence-corrected chi connectivity index (χ1v) is 9.61. The van der Waals surface area contributed by atoms with E-state index in [1.165, 1.54) is 18.9 Å². The average Bonchev–Trinajstić information content (AvgIpc) is 2.95. The minimum Gasteiger partial charge on any atom is -0.468 e. The van der Waals surface area contributed by atoms with E-state index >= 15 is 0 Å². The molecule has 3 rings (SSSR count). The lowest BCUT2D eigenvalue weighted by Gasteiger charge is -2.11. The van der Waals surface area contributed by atoms with E-state index in [1.807, 2.05) is 22.8 Å². The summed E-state index contributed by atoms with van der Waals surface area (Å²) in [5.74, 6) is -0.0947. The van der Waals surface area contributed by atoms with Crippen molar-refractivity contribution < 1.29 is 9.53 Å². The molecule has 0 spiro atoms. The molecule has 1 aromatic heterocycles. The monoisotopic (exact) mass is 469 g/mol. The molecule has 0 atom stereocenters. The van der Waals surface area contributed by atoms with Crippen LogP contribution in [-0.2, 0) is 16.1 Å². The minimum atomic E-state index is -0.292. The van der Waals surface area contributed by atoms with Crippen molar-refractivity contribution in [3.05, 3.63) is 51.2 Å². The topological polar surface area (TPSA) is 57.0 Å². The number of benzene rings is 2. The molecule has 0 bridgehead atoms. The number of nitrogens with zero attached hydrogens (tertiary/aromatic N) is 3. The van der Waals surface area contributed by atoms with E-state index in [1.54, 1.807) is 0 Å². The third kappa shape index (κ3) is 3.65.